The fourth-order valence-corrected chi connectivity index (χ4v) is 9.73. The lowest BCUT2D eigenvalue weighted by atomic mass is 9.99. The number of aromatic hydroxyl groups is 1. The highest BCUT2D eigenvalue weighted by atomic mass is 35.5. The zero-order valence-electron chi connectivity index (χ0n) is 26.4. The molecule has 2 saturated heterocycles. The van der Waals surface area contributed by atoms with E-state index in [1.54, 1.807) is 20.7 Å². The number of nitrogens with zero attached hydrogens (tertiary/aromatic N) is 4. The predicted molar refractivity (Wildman–Crippen MR) is 198 cm³/mol. The summed E-state index contributed by atoms with van der Waals surface area (Å²) in [5.74, 6) is 0.451. The lowest BCUT2D eigenvalue weighted by Crippen LogP contribution is -2.45. The van der Waals surface area contributed by atoms with E-state index in [1.807, 2.05) is 24.3 Å². The molecule has 6 rings (SSSR count). The van der Waals surface area contributed by atoms with Crippen LogP contribution in [-0.4, -0.2) is 77.1 Å². The van der Waals surface area contributed by atoms with E-state index >= 15 is 0 Å². The zero-order chi connectivity index (χ0) is 32.0. The van der Waals surface area contributed by atoms with Gasteiger partial charge in [0.1, 0.15) is 9.57 Å². The van der Waals surface area contributed by atoms with Crippen molar-refractivity contribution in [2.45, 2.75) is 45.9 Å². The van der Waals surface area contributed by atoms with Gasteiger partial charge < -0.3 is 5.11 Å². The van der Waals surface area contributed by atoms with Gasteiger partial charge in [-0.3, -0.25) is 19.6 Å². The molecule has 2 aliphatic rings. The van der Waals surface area contributed by atoms with Gasteiger partial charge in [-0.15, -0.1) is 0 Å². The molecule has 5 nitrogen and oxygen atoms in total. The number of hydrogen-bond donors (Lipinski definition) is 1. The summed E-state index contributed by atoms with van der Waals surface area (Å²) in [4.78, 5) is 11.3. The van der Waals surface area contributed by atoms with E-state index in [0.717, 1.165) is 116 Å². The van der Waals surface area contributed by atoms with Crippen molar-refractivity contribution < 1.29 is 5.11 Å². The molecule has 10 heteroatoms. The summed E-state index contributed by atoms with van der Waals surface area (Å²) in [5, 5.41) is 13.3. The highest BCUT2D eigenvalue weighted by Gasteiger charge is 2.23. The Labute approximate surface area is 296 Å². The minimum atomic E-state index is 0.451. The van der Waals surface area contributed by atoms with Gasteiger partial charge in [0.2, 0.25) is 0 Å². The second-order valence-electron chi connectivity index (χ2n) is 12.5. The third kappa shape index (κ3) is 8.78. The van der Waals surface area contributed by atoms with Crippen molar-refractivity contribution in [3.63, 3.8) is 0 Å². The molecule has 2 aliphatic heterocycles. The fraction of sp³-hybridized carbons (Fsp3) is 0.417. The first-order chi connectivity index (χ1) is 22.3. The van der Waals surface area contributed by atoms with E-state index in [9.17, 15) is 5.11 Å². The Morgan fingerprint density at radius 2 is 1.07 bits per heavy atom. The lowest BCUT2D eigenvalue weighted by Gasteiger charge is -2.36. The van der Waals surface area contributed by atoms with Crippen LogP contribution in [0.25, 0.3) is 10.4 Å². The van der Waals surface area contributed by atoms with E-state index in [1.165, 1.54) is 27.1 Å². The average molecular weight is 714 g/mol. The number of phenolic OH excluding ortho intramolecular Hbond substituents is 1. The maximum absolute atomic E-state index is 11.7. The summed E-state index contributed by atoms with van der Waals surface area (Å²) >= 11 is 17.9. The van der Waals surface area contributed by atoms with Gasteiger partial charge in [0.25, 0.3) is 0 Å². The van der Waals surface area contributed by atoms with Gasteiger partial charge in [0.05, 0.1) is 4.88 Å². The van der Waals surface area contributed by atoms with Crippen LogP contribution in [0.2, 0.25) is 10.0 Å². The molecule has 1 N–H and O–H groups in total. The molecule has 0 saturated carbocycles. The highest BCUT2D eigenvalue weighted by molar-refractivity contribution is 7.80. The number of benzene rings is 3. The van der Waals surface area contributed by atoms with Crippen molar-refractivity contribution in [3.8, 4) is 16.2 Å². The number of phenols is 1. The lowest BCUT2D eigenvalue weighted by molar-refractivity contribution is 0.119. The van der Waals surface area contributed by atoms with Crippen LogP contribution in [0.4, 0.5) is 0 Å². The van der Waals surface area contributed by atoms with E-state index < -0.39 is 0 Å². The van der Waals surface area contributed by atoms with E-state index in [-0.39, 0.29) is 0 Å². The zero-order valence-corrected chi connectivity index (χ0v) is 30.4. The van der Waals surface area contributed by atoms with Crippen LogP contribution in [0.5, 0.6) is 5.75 Å². The molecular formula is C36H42Cl2N4OS3. The quantitative estimate of drug-likeness (QED) is 0.124. The smallest absolute Gasteiger partial charge is 0.124 e. The van der Waals surface area contributed by atoms with Gasteiger partial charge in [-0.25, -0.2) is 0 Å². The Balaban J connectivity index is 1.15. The van der Waals surface area contributed by atoms with Crippen molar-refractivity contribution in [2.75, 3.05) is 52.4 Å². The van der Waals surface area contributed by atoms with Gasteiger partial charge >= 0.3 is 0 Å². The molecule has 0 unspecified atom stereocenters. The van der Waals surface area contributed by atoms with Crippen molar-refractivity contribution >= 4 is 56.1 Å². The monoisotopic (exact) mass is 712 g/mol. The summed E-state index contributed by atoms with van der Waals surface area (Å²) in [7, 11) is 3.49. The number of rotatable bonds is 11. The Bertz CT molecular complexity index is 1550. The Morgan fingerprint density at radius 1 is 0.652 bits per heavy atom. The Morgan fingerprint density at radius 3 is 1.48 bits per heavy atom. The second-order valence-corrected chi connectivity index (χ2v) is 16.2. The SMILES string of the molecule is CCCc1c(-c2cc(CN3CCN(Cc4ccc(Cl)cc4)CC3)c(O)c(CN3CCN(Cc4ccc(Cl)cc4)CC3)c2)ssc1=S. The molecule has 3 aromatic carbocycles. The summed E-state index contributed by atoms with van der Waals surface area (Å²) < 4.78 is 1.01. The van der Waals surface area contributed by atoms with Gasteiger partial charge in [0.15, 0.2) is 0 Å². The van der Waals surface area contributed by atoms with Crippen LogP contribution in [0.1, 0.15) is 41.2 Å². The van der Waals surface area contributed by atoms with Gasteiger partial charge in [-0.2, -0.15) is 0 Å². The summed E-state index contributed by atoms with van der Waals surface area (Å²) in [6.45, 7) is 13.5. The van der Waals surface area contributed by atoms with Crippen LogP contribution in [0.15, 0.2) is 60.7 Å². The molecule has 1 aromatic heterocycles. The molecule has 4 aromatic rings. The molecule has 0 spiro atoms. The average Bonchev–Trinajstić information content (AvgIpc) is 3.43. The van der Waals surface area contributed by atoms with Gasteiger partial charge in [-0.1, -0.05) is 93.7 Å². The van der Waals surface area contributed by atoms with Crippen molar-refractivity contribution in [3.05, 3.63) is 102 Å². The minimum Gasteiger partial charge on any atom is -0.507 e. The number of hydrogen-bond acceptors (Lipinski definition) is 8. The molecule has 3 heterocycles. The Kier molecular flexibility index (Phi) is 11.9. The molecule has 0 amide bonds. The molecule has 2 fully saturated rings. The summed E-state index contributed by atoms with van der Waals surface area (Å²) in [6.07, 6.45) is 2.06. The normalized spacial score (nSPS) is 17.1. The third-order valence-electron chi connectivity index (χ3n) is 9.11. The summed E-state index contributed by atoms with van der Waals surface area (Å²) in [6, 6.07) is 20.8. The molecule has 0 atom stereocenters. The molecule has 244 valence electrons. The topological polar surface area (TPSA) is 33.2 Å². The van der Waals surface area contributed by atoms with Crippen LogP contribution in [0.3, 0.4) is 0 Å². The molecule has 0 radical (unpaired) electrons. The van der Waals surface area contributed by atoms with Gasteiger partial charge in [0, 0.05) is 99.7 Å². The first kappa shape index (κ1) is 34.0. The van der Waals surface area contributed by atoms with Crippen molar-refractivity contribution in [2.24, 2.45) is 0 Å². The molecule has 0 aliphatic carbocycles. The maximum Gasteiger partial charge on any atom is 0.124 e. The fourth-order valence-electron chi connectivity index (χ4n) is 6.48. The highest BCUT2D eigenvalue weighted by Crippen LogP contribution is 2.39. The van der Waals surface area contributed by atoms with Crippen LogP contribution in [0, 0.1) is 3.82 Å². The van der Waals surface area contributed by atoms with E-state index in [4.69, 9.17) is 35.4 Å². The van der Waals surface area contributed by atoms with Gasteiger partial charge in [-0.05, 0) is 65.1 Å². The maximum atomic E-state index is 11.7. The molecular weight excluding hydrogens is 672 g/mol. The first-order valence-electron chi connectivity index (χ1n) is 16.2. The number of halogens is 2. The van der Waals surface area contributed by atoms with Crippen LogP contribution >= 0.6 is 56.1 Å². The predicted octanol–water partition coefficient (Wildman–Crippen LogP) is 8.81. The molecule has 46 heavy (non-hydrogen) atoms. The van der Waals surface area contributed by atoms with Crippen LogP contribution < -0.4 is 0 Å². The standard InChI is InChI=1S/C36H42Cl2N4OS3/c1-2-3-33-35(45-46-36(33)44)28-20-29(24-41-16-12-39(13-17-41)22-26-4-8-31(37)9-5-26)34(43)30(21-28)25-42-18-14-40(15-19-42)23-27-6-10-32(38)11-7-27/h4-11,20-21,43H,2-3,12-19,22-25H2,1H3. The van der Waals surface area contributed by atoms with Crippen molar-refractivity contribution in [1.29, 1.82) is 0 Å². The van der Waals surface area contributed by atoms with E-state index in [2.05, 4.69) is 62.9 Å². The molecule has 0 bridgehead atoms. The Hall–Kier alpha value is -1.85. The number of piperazine rings is 2. The first-order valence-corrected chi connectivity index (χ1v) is 19.5. The largest absolute Gasteiger partial charge is 0.507 e. The minimum absolute atomic E-state index is 0.451. The third-order valence-corrected chi connectivity index (χ3v) is 12.8. The second kappa shape index (κ2) is 16.0. The van der Waals surface area contributed by atoms with E-state index in [0.29, 0.717) is 5.75 Å². The van der Waals surface area contributed by atoms with Crippen molar-refractivity contribution in [1.82, 2.24) is 19.6 Å². The van der Waals surface area contributed by atoms with Crippen LogP contribution in [-0.2, 0) is 32.6 Å². The summed E-state index contributed by atoms with van der Waals surface area (Å²) in [5.41, 5.74) is 7.12.